The van der Waals surface area contributed by atoms with Crippen molar-refractivity contribution < 1.29 is 13.2 Å². The number of hydrogen-bond donors (Lipinski definition) is 0. The summed E-state index contributed by atoms with van der Waals surface area (Å²) in [6.45, 7) is 4.35. The molecule has 41 heavy (non-hydrogen) atoms. The molecular weight excluding hydrogens is 529 g/mol. The second kappa shape index (κ2) is 8.79. The van der Waals surface area contributed by atoms with Crippen molar-refractivity contribution in [3.05, 3.63) is 65.7 Å². The summed E-state index contributed by atoms with van der Waals surface area (Å²) in [7, 11) is 5.29. The number of alkyl halides is 3. The maximum Gasteiger partial charge on any atom is 0.433 e. The Bertz CT molecular complexity index is 1960. The maximum atomic E-state index is 13.4. The highest BCUT2D eigenvalue weighted by molar-refractivity contribution is 5.95. The van der Waals surface area contributed by atoms with E-state index >= 15 is 0 Å². The van der Waals surface area contributed by atoms with Crippen LogP contribution < -0.4 is 0 Å². The van der Waals surface area contributed by atoms with E-state index in [0.29, 0.717) is 11.4 Å². The van der Waals surface area contributed by atoms with Crippen LogP contribution in [0.2, 0.25) is 0 Å². The molecule has 0 amide bonds. The van der Waals surface area contributed by atoms with Crippen LogP contribution in [0.15, 0.2) is 48.8 Å². The van der Waals surface area contributed by atoms with Gasteiger partial charge in [0.15, 0.2) is 5.82 Å². The van der Waals surface area contributed by atoms with E-state index in [1.54, 1.807) is 6.20 Å². The predicted octanol–water partition coefficient (Wildman–Crippen LogP) is 6.73. The number of benzene rings is 2. The summed E-state index contributed by atoms with van der Waals surface area (Å²) in [5.41, 5.74) is 5.99. The Balaban J connectivity index is 1.41. The van der Waals surface area contributed by atoms with Gasteiger partial charge in [-0.25, -0.2) is 9.67 Å². The highest BCUT2D eigenvalue weighted by atomic mass is 19.4. The van der Waals surface area contributed by atoms with Gasteiger partial charge in [0.25, 0.3) is 0 Å². The first kappa shape index (κ1) is 25.6. The van der Waals surface area contributed by atoms with E-state index < -0.39 is 11.9 Å². The first-order valence-electron chi connectivity index (χ1n) is 13.6. The molecule has 8 nitrogen and oxygen atoms in total. The SMILES string of the molecule is CC(C)c1cc2nn(C)cc2cc1-c1nc(-c2cccc3nn(-c4cc(C(F)(F)F)n(C)n4)cc23)c(C2CC2)n1C. The van der Waals surface area contributed by atoms with Gasteiger partial charge in [0, 0.05) is 73.1 Å². The molecule has 0 saturated heterocycles. The zero-order chi connectivity index (χ0) is 28.8. The fourth-order valence-electron chi connectivity index (χ4n) is 5.85. The van der Waals surface area contributed by atoms with Gasteiger partial charge in [0.1, 0.15) is 11.5 Å². The molecule has 1 fully saturated rings. The number of fused-ring (bicyclic) bond motifs is 2. The molecule has 0 radical (unpaired) electrons. The van der Waals surface area contributed by atoms with Crippen molar-refractivity contribution in [2.45, 2.75) is 44.7 Å². The molecule has 2 aromatic carbocycles. The first-order chi connectivity index (χ1) is 19.5. The molecule has 6 aromatic rings. The maximum absolute atomic E-state index is 13.4. The summed E-state index contributed by atoms with van der Waals surface area (Å²) in [4.78, 5) is 5.28. The van der Waals surface area contributed by atoms with E-state index in [9.17, 15) is 13.2 Å². The molecule has 11 heteroatoms. The third-order valence-corrected chi connectivity index (χ3v) is 7.95. The minimum absolute atomic E-state index is 0.109. The Hall–Kier alpha value is -4.41. The van der Waals surface area contributed by atoms with Gasteiger partial charge in [-0.15, -0.1) is 0 Å². The molecule has 7 rings (SSSR count). The third-order valence-electron chi connectivity index (χ3n) is 7.95. The molecule has 0 N–H and O–H groups in total. The molecule has 0 spiro atoms. The van der Waals surface area contributed by atoms with Crippen LogP contribution in [0.4, 0.5) is 13.2 Å². The monoisotopic (exact) mass is 558 g/mol. The molecule has 1 saturated carbocycles. The lowest BCUT2D eigenvalue weighted by molar-refractivity contribution is -0.143. The van der Waals surface area contributed by atoms with Crippen molar-refractivity contribution in [1.82, 2.24) is 38.9 Å². The molecular formula is C30H29F3N8. The summed E-state index contributed by atoms with van der Waals surface area (Å²) in [5, 5.41) is 15.2. The van der Waals surface area contributed by atoms with Crippen LogP contribution >= 0.6 is 0 Å². The minimum atomic E-state index is -4.51. The minimum Gasteiger partial charge on any atom is -0.330 e. The Morgan fingerprint density at radius 1 is 0.902 bits per heavy atom. The topological polar surface area (TPSA) is 71.3 Å². The van der Waals surface area contributed by atoms with E-state index in [2.05, 4.69) is 52.9 Å². The first-order valence-corrected chi connectivity index (χ1v) is 13.6. The highest BCUT2D eigenvalue weighted by Crippen LogP contribution is 2.47. The lowest BCUT2D eigenvalue weighted by Crippen LogP contribution is -2.11. The largest absolute Gasteiger partial charge is 0.433 e. The lowest BCUT2D eigenvalue weighted by Gasteiger charge is -2.13. The average molecular weight is 559 g/mol. The molecule has 4 aromatic heterocycles. The number of aromatic nitrogens is 8. The number of rotatable bonds is 5. The zero-order valence-corrected chi connectivity index (χ0v) is 23.4. The van der Waals surface area contributed by atoms with Crippen molar-refractivity contribution in [1.29, 1.82) is 0 Å². The molecule has 210 valence electrons. The van der Waals surface area contributed by atoms with Gasteiger partial charge in [-0.1, -0.05) is 26.0 Å². The number of hydrogen-bond acceptors (Lipinski definition) is 4. The lowest BCUT2D eigenvalue weighted by atomic mass is 9.95. The van der Waals surface area contributed by atoms with Gasteiger partial charge in [-0.2, -0.15) is 28.5 Å². The van der Waals surface area contributed by atoms with Crippen molar-refractivity contribution in [3.63, 3.8) is 0 Å². The normalized spacial score (nSPS) is 14.3. The van der Waals surface area contributed by atoms with E-state index in [1.807, 2.05) is 36.1 Å². The van der Waals surface area contributed by atoms with Gasteiger partial charge in [0.2, 0.25) is 0 Å². The smallest absolute Gasteiger partial charge is 0.330 e. The molecule has 0 unspecified atom stereocenters. The Kier molecular flexibility index (Phi) is 5.48. The van der Waals surface area contributed by atoms with Crippen LogP contribution in [0.3, 0.4) is 0 Å². The van der Waals surface area contributed by atoms with Gasteiger partial charge in [-0.05, 0) is 42.5 Å². The standard InChI is InChI=1S/C30H29F3N8/c1-16(2)20-12-24-18(14-38(3)35-24)11-21(20)29-34-27(28(39(29)4)17-9-10-17)19-7-6-8-23-22(19)15-41(36-23)26-13-25(30(31,32)33)40(5)37-26/h6-8,11-17H,9-10H2,1-5H3. The fraction of sp³-hybridized carbons (Fsp3) is 0.333. The van der Waals surface area contributed by atoms with Crippen molar-refractivity contribution in [2.24, 2.45) is 21.1 Å². The van der Waals surface area contributed by atoms with Crippen LogP contribution in [0, 0.1) is 0 Å². The second-order valence-corrected chi connectivity index (χ2v) is 11.3. The molecule has 4 heterocycles. The van der Waals surface area contributed by atoms with Crippen LogP contribution in [0.25, 0.3) is 50.3 Å². The average Bonchev–Trinajstić information content (AvgIpc) is 3.22. The number of nitrogens with zero attached hydrogens (tertiary/aromatic N) is 8. The van der Waals surface area contributed by atoms with Crippen LogP contribution in [-0.2, 0) is 27.3 Å². The van der Waals surface area contributed by atoms with Gasteiger partial charge < -0.3 is 4.57 Å². The van der Waals surface area contributed by atoms with Crippen molar-refractivity contribution in [2.75, 3.05) is 0 Å². The zero-order valence-electron chi connectivity index (χ0n) is 23.4. The van der Waals surface area contributed by atoms with E-state index in [-0.39, 0.29) is 11.7 Å². The van der Waals surface area contributed by atoms with Crippen molar-refractivity contribution in [3.8, 4) is 28.5 Å². The summed E-state index contributed by atoms with van der Waals surface area (Å²) in [6.07, 6.45) is 1.45. The Morgan fingerprint density at radius 2 is 1.68 bits per heavy atom. The Labute approximate surface area is 234 Å². The van der Waals surface area contributed by atoms with E-state index in [4.69, 9.17) is 4.98 Å². The van der Waals surface area contributed by atoms with Crippen LogP contribution in [-0.4, -0.2) is 38.9 Å². The number of imidazole rings is 1. The van der Waals surface area contributed by atoms with Gasteiger partial charge >= 0.3 is 6.18 Å². The van der Waals surface area contributed by atoms with E-state index in [0.717, 1.165) is 62.5 Å². The summed E-state index contributed by atoms with van der Waals surface area (Å²) in [5.74, 6) is 1.66. The summed E-state index contributed by atoms with van der Waals surface area (Å²) >= 11 is 0. The van der Waals surface area contributed by atoms with Crippen molar-refractivity contribution >= 4 is 21.8 Å². The van der Waals surface area contributed by atoms with Gasteiger partial charge in [0.05, 0.1) is 16.7 Å². The molecule has 1 aliphatic carbocycles. The van der Waals surface area contributed by atoms with Gasteiger partial charge in [-0.3, -0.25) is 9.36 Å². The Morgan fingerprint density at radius 3 is 2.37 bits per heavy atom. The molecule has 0 aliphatic heterocycles. The quantitative estimate of drug-likeness (QED) is 0.235. The molecule has 0 bridgehead atoms. The summed E-state index contributed by atoms with van der Waals surface area (Å²) in [6, 6.07) is 11.1. The van der Waals surface area contributed by atoms with Crippen LogP contribution in [0.5, 0.6) is 0 Å². The second-order valence-electron chi connectivity index (χ2n) is 11.3. The summed E-state index contributed by atoms with van der Waals surface area (Å²) < 4.78 is 46.6. The highest BCUT2D eigenvalue weighted by Gasteiger charge is 2.36. The predicted molar refractivity (Wildman–Crippen MR) is 151 cm³/mol. The number of aryl methyl sites for hydroxylation is 2. The fourth-order valence-corrected chi connectivity index (χ4v) is 5.85. The van der Waals surface area contributed by atoms with Crippen LogP contribution in [0.1, 0.15) is 55.5 Å². The molecule has 0 atom stereocenters. The van der Waals surface area contributed by atoms with E-state index in [1.165, 1.54) is 23.0 Å². The third kappa shape index (κ3) is 4.13. The number of halogens is 3. The molecule has 1 aliphatic rings.